The van der Waals surface area contributed by atoms with Gasteiger partial charge >= 0.3 is 6.29 Å². The Labute approximate surface area is 90.7 Å². The molecule has 0 radical (unpaired) electrons. The van der Waals surface area contributed by atoms with Gasteiger partial charge < -0.3 is 9.47 Å². The van der Waals surface area contributed by atoms with Crippen molar-refractivity contribution in [1.29, 1.82) is 0 Å². The van der Waals surface area contributed by atoms with Crippen LogP contribution in [-0.4, -0.2) is 6.29 Å². The van der Waals surface area contributed by atoms with Crippen LogP contribution >= 0.6 is 11.6 Å². The Morgan fingerprint density at radius 3 is 2.67 bits per heavy atom. The number of halogens is 3. The summed E-state index contributed by atoms with van der Waals surface area (Å²) in [4.78, 5) is 0. The van der Waals surface area contributed by atoms with E-state index in [9.17, 15) is 8.78 Å². The van der Waals surface area contributed by atoms with Crippen molar-refractivity contribution in [3.63, 3.8) is 0 Å². The molecule has 0 saturated carbocycles. The Morgan fingerprint density at radius 2 is 2.07 bits per heavy atom. The standard InChI is InChI=1S/C10H9ClF2O2/c1-3-6-5(2)4-7-9(8(6)11)15-10(12,13)14-7/h4H,3H2,1-2H3. The summed E-state index contributed by atoms with van der Waals surface area (Å²) in [5.74, 6) is -0.0659. The first-order chi connectivity index (χ1) is 6.94. The molecule has 0 bridgehead atoms. The van der Waals surface area contributed by atoms with Crippen LogP contribution < -0.4 is 9.47 Å². The molecule has 5 heteroatoms. The van der Waals surface area contributed by atoms with E-state index in [-0.39, 0.29) is 16.5 Å². The zero-order chi connectivity index (χ0) is 11.2. The van der Waals surface area contributed by atoms with Crippen LogP contribution in [0.4, 0.5) is 8.78 Å². The number of rotatable bonds is 1. The van der Waals surface area contributed by atoms with Crippen LogP contribution in [0.25, 0.3) is 0 Å². The van der Waals surface area contributed by atoms with Crippen molar-refractivity contribution < 1.29 is 18.3 Å². The highest BCUT2D eigenvalue weighted by Crippen LogP contribution is 2.48. The molecule has 82 valence electrons. The van der Waals surface area contributed by atoms with Crippen molar-refractivity contribution in [3.05, 3.63) is 22.2 Å². The average molecular weight is 235 g/mol. The van der Waals surface area contributed by atoms with E-state index in [0.29, 0.717) is 6.42 Å². The molecular formula is C10H9ClF2O2. The van der Waals surface area contributed by atoms with E-state index in [2.05, 4.69) is 9.47 Å². The summed E-state index contributed by atoms with van der Waals surface area (Å²) in [5.41, 5.74) is 1.62. The lowest BCUT2D eigenvalue weighted by molar-refractivity contribution is -0.286. The third-order valence-electron chi connectivity index (χ3n) is 2.31. The first-order valence-corrected chi connectivity index (χ1v) is 4.90. The molecule has 2 rings (SSSR count). The van der Waals surface area contributed by atoms with Gasteiger partial charge in [-0.3, -0.25) is 0 Å². The molecule has 0 aliphatic carbocycles. The summed E-state index contributed by atoms with van der Waals surface area (Å²) >= 11 is 5.95. The van der Waals surface area contributed by atoms with E-state index in [0.717, 1.165) is 11.1 Å². The molecule has 0 spiro atoms. The summed E-state index contributed by atoms with van der Waals surface area (Å²) < 4.78 is 34.2. The largest absolute Gasteiger partial charge is 0.586 e. The molecule has 0 N–H and O–H groups in total. The Morgan fingerprint density at radius 1 is 1.40 bits per heavy atom. The smallest absolute Gasteiger partial charge is 0.395 e. The number of alkyl halides is 2. The predicted octanol–water partition coefficient (Wildman–Crippen LogP) is 3.53. The Hall–Kier alpha value is -1.03. The fraction of sp³-hybridized carbons (Fsp3) is 0.400. The lowest BCUT2D eigenvalue weighted by atomic mass is 10.1. The molecular weight excluding hydrogens is 226 g/mol. The minimum absolute atomic E-state index is 0.000278. The van der Waals surface area contributed by atoms with Gasteiger partial charge in [0, 0.05) is 0 Å². The molecule has 0 fully saturated rings. The van der Waals surface area contributed by atoms with E-state index in [1.807, 2.05) is 6.92 Å². The van der Waals surface area contributed by atoms with E-state index >= 15 is 0 Å². The second-order valence-electron chi connectivity index (χ2n) is 3.33. The van der Waals surface area contributed by atoms with E-state index < -0.39 is 6.29 Å². The van der Waals surface area contributed by atoms with Gasteiger partial charge in [0.2, 0.25) is 0 Å². The molecule has 15 heavy (non-hydrogen) atoms. The highest BCUT2D eigenvalue weighted by Gasteiger charge is 2.45. The van der Waals surface area contributed by atoms with Crippen LogP contribution in [0.5, 0.6) is 11.5 Å². The first kappa shape index (κ1) is 10.5. The van der Waals surface area contributed by atoms with Crippen molar-refractivity contribution in [2.24, 2.45) is 0 Å². The molecule has 1 heterocycles. The summed E-state index contributed by atoms with van der Waals surface area (Å²) in [7, 11) is 0. The molecule has 1 aromatic rings. The van der Waals surface area contributed by atoms with Crippen molar-refractivity contribution >= 4 is 11.6 Å². The van der Waals surface area contributed by atoms with Crippen LogP contribution in [0, 0.1) is 6.92 Å². The lowest BCUT2D eigenvalue weighted by Gasteiger charge is -2.07. The second-order valence-corrected chi connectivity index (χ2v) is 3.71. The molecule has 0 atom stereocenters. The number of hydrogen-bond donors (Lipinski definition) is 0. The van der Waals surface area contributed by atoms with Gasteiger partial charge in [0.25, 0.3) is 0 Å². The summed E-state index contributed by atoms with van der Waals surface area (Å²) in [6, 6.07) is 1.51. The quantitative estimate of drug-likeness (QED) is 0.740. The Bertz CT molecular complexity index is 418. The maximum Gasteiger partial charge on any atom is 0.586 e. The molecule has 0 saturated heterocycles. The van der Waals surface area contributed by atoms with E-state index in [1.165, 1.54) is 6.07 Å². The van der Waals surface area contributed by atoms with Gasteiger partial charge in [0.1, 0.15) is 0 Å². The molecule has 0 aromatic heterocycles. The van der Waals surface area contributed by atoms with Gasteiger partial charge in [-0.1, -0.05) is 18.5 Å². The van der Waals surface area contributed by atoms with E-state index in [1.54, 1.807) is 6.92 Å². The average Bonchev–Trinajstić information content (AvgIpc) is 2.41. The van der Waals surface area contributed by atoms with Crippen LogP contribution in [-0.2, 0) is 6.42 Å². The number of benzene rings is 1. The summed E-state index contributed by atoms with van der Waals surface area (Å²) in [5, 5.41) is 0.213. The third kappa shape index (κ3) is 1.63. The van der Waals surface area contributed by atoms with Gasteiger partial charge in [0.05, 0.1) is 5.02 Å². The van der Waals surface area contributed by atoms with Gasteiger partial charge in [0.15, 0.2) is 11.5 Å². The van der Waals surface area contributed by atoms with Crippen molar-refractivity contribution in [2.75, 3.05) is 0 Å². The zero-order valence-corrected chi connectivity index (χ0v) is 8.99. The van der Waals surface area contributed by atoms with Gasteiger partial charge in [-0.25, -0.2) is 0 Å². The minimum Gasteiger partial charge on any atom is -0.395 e. The molecule has 0 unspecified atom stereocenters. The maximum absolute atomic E-state index is 12.8. The van der Waals surface area contributed by atoms with Crippen LogP contribution in [0.2, 0.25) is 5.02 Å². The minimum atomic E-state index is -3.61. The fourth-order valence-electron chi connectivity index (χ4n) is 1.64. The predicted molar refractivity (Wildman–Crippen MR) is 51.8 cm³/mol. The Kier molecular flexibility index (Phi) is 2.26. The van der Waals surface area contributed by atoms with Crippen molar-refractivity contribution in [1.82, 2.24) is 0 Å². The maximum atomic E-state index is 12.8. The monoisotopic (exact) mass is 234 g/mol. The van der Waals surface area contributed by atoms with Crippen molar-refractivity contribution in [3.8, 4) is 11.5 Å². The normalized spacial score (nSPS) is 16.9. The van der Waals surface area contributed by atoms with E-state index in [4.69, 9.17) is 11.6 Å². The van der Waals surface area contributed by atoms with Crippen LogP contribution in [0.3, 0.4) is 0 Å². The zero-order valence-electron chi connectivity index (χ0n) is 8.23. The molecule has 0 amide bonds. The van der Waals surface area contributed by atoms with Crippen LogP contribution in [0.15, 0.2) is 6.07 Å². The lowest BCUT2D eigenvalue weighted by Crippen LogP contribution is -2.26. The fourth-order valence-corrected chi connectivity index (χ4v) is 2.05. The van der Waals surface area contributed by atoms with Gasteiger partial charge in [-0.15, -0.1) is 8.78 Å². The highest BCUT2D eigenvalue weighted by molar-refractivity contribution is 6.33. The number of hydrogen-bond acceptors (Lipinski definition) is 2. The summed E-state index contributed by atoms with van der Waals surface area (Å²) in [6.07, 6.45) is -2.95. The number of ether oxygens (including phenoxy) is 2. The molecule has 1 aliphatic rings. The molecule has 1 aromatic carbocycles. The third-order valence-corrected chi connectivity index (χ3v) is 2.71. The Balaban J connectivity index is 2.57. The molecule has 1 aliphatic heterocycles. The van der Waals surface area contributed by atoms with Gasteiger partial charge in [-0.2, -0.15) is 0 Å². The van der Waals surface area contributed by atoms with Crippen LogP contribution in [0.1, 0.15) is 18.1 Å². The second kappa shape index (κ2) is 3.23. The number of aryl methyl sites for hydroxylation is 1. The van der Waals surface area contributed by atoms with Crippen molar-refractivity contribution in [2.45, 2.75) is 26.6 Å². The topological polar surface area (TPSA) is 18.5 Å². The van der Waals surface area contributed by atoms with Gasteiger partial charge in [-0.05, 0) is 30.5 Å². The molecule has 2 nitrogen and oxygen atoms in total. The number of fused-ring (bicyclic) bond motifs is 1. The highest BCUT2D eigenvalue weighted by atomic mass is 35.5. The summed E-state index contributed by atoms with van der Waals surface area (Å²) in [6.45, 7) is 3.69. The SMILES string of the molecule is CCc1c(C)cc2c(c1Cl)OC(F)(F)O2. The first-order valence-electron chi connectivity index (χ1n) is 4.52.